The van der Waals surface area contributed by atoms with Crippen molar-refractivity contribution >= 4 is 24.3 Å². The minimum atomic E-state index is -4.52. The molecule has 2 N–H and O–H groups in total. The summed E-state index contributed by atoms with van der Waals surface area (Å²) in [5, 5.41) is 5.84. The quantitative estimate of drug-likeness (QED) is 0.783. The second kappa shape index (κ2) is 6.56. The van der Waals surface area contributed by atoms with Crippen LogP contribution in [0.4, 0.5) is 18.0 Å². The second-order valence-electron chi connectivity index (χ2n) is 5.70. The Balaban J connectivity index is 0.00000208. The van der Waals surface area contributed by atoms with Crippen molar-refractivity contribution in [2.24, 2.45) is 0 Å². The first-order valence-corrected chi connectivity index (χ1v) is 7.19. The number of hydrogen-bond acceptors (Lipinski definition) is 4. The summed E-state index contributed by atoms with van der Waals surface area (Å²) in [4.78, 5) is 29.0. The van der Waals surface area contributed by atoms with Crippen LogP contribution < -0.4 is 10.6 Å². The molecule has 1 spiro atoms. The Kier molecular flexibility index (Phi) is 5.05. The van der Waals surface area contributed by atoms with E-state index in [1.165, 1.54) is 6.07 Å². The second-order valence-corrected chi connectivity index (χ2v) is 5.70. The number of amides is 3. The van der Waals surface area contributed by atoms with Gasteiger partial charge in [0.1, 0.15) is 11.2 Å². The molecule has 3 rings (SSSR count). The molecule has 0 atom stereocenters. The van der Waals surface area contributed by atoms with E-state index in [-0.39, 0.29) is 24.9 Å². The average molecular weight is 365 g/mol. The third kappa shape index (κ3) is 3.32. The first kappa shape index (κ1) is 18.5. The lowest BCUT2D eigenvalue weighted by Gasteiger charge is -2.31. The number of hydrogen-bond donors (Lipinski definition) is 2. The molecule has 1 aromatic heterocycles. The molecule has 1 aromatic rings. The molecule has 3 heterocycles. The van der Waals surface area contributed by atoms with Crippen molar-refractivity contribution in [3.8, 4) is 0 Å². The largest absolute Gasteiger partial charge is 0.433 e. The fourth-order valence-electron chi connectivity index (χ4n) is 2.88. The van der Waals surface area contributed by atoms with Crippen LogP contribution >= 0.6 is 12.4 Å². The molecule has 2 aliphatic heterocycles. The third-order valence-corrected chi connectivity index (χ3v) is 4.16. The standard InChI is InChI=1S/C14H15F3N4O2.ClH/c15-14(16,17)10-2-1-9(7-19-10)8-21-11(22)13(20-12(21)23)3-5-18-6-4-13;/h1-2,7,18H,3-6,8H2,(H,20,23);1H. The lowest BCUT2D eigenvalue weighted by molar-refractivity contribution is -0.141. The maximum Gasteiger partial charge on any atom is 0.433 e. The predicted octanol–water partition coefficient (Wildman–Crippen LogP) is 1.70. The number of aromatic nitrogens is 1. The van der Waals surface area contributed by atoms with Crippen LogP contribution in [0.2, 0.25) is 0 Å². The van der Waals surface area contributed by atoms with Crippen molar-refractivity contribution in [2.75, 3.05) is 13.1 Å². The van der Waals surface area contributed by atoms with Gasteiger partial charge in [0.2, 0.25) is 0 Å². The van der Waals surface area contributed by atoms with Gasteiger partial charge in [-0.05, 0) is 37.6 Å². The zero-order valence-corrected chi connectivity index (χ0v) is 13.3. The minimum absolute atomic E-state index is 0. The number of carbonyl (C=O) groups excluding carboxylic acids is 2. The van der Waals surface area contributed by atoms with Gasteiger partial charge in [-0.3, -0.25) is 14.7 Å². The van der Waals surface area contributed by atoms with E-state index in [9.17, 15) is 22.8 Å². The Bertz CT molecular complexity index is 630. The summed E-state index contributed by atoms with van der Waals surface area (Å²) in [7, 11) is 0. The molecule has 132 valence electrons. The van der Waals surface area contributed by atoms with Gasteiger partial charge in [0.15, 0.2) is 0 Å². The van der Waals surface area contributed by atoms with E-state index < -0.39 is 23.4 Å². The molecule has 0 saturated carbocycles. The molecule has 3 amide bonds. The average Bonchev–Trinajstić information content (AvgIpc) is 2.72. The molecular weight excluding hydrogens is 349 g/mol. The highest BCUT2D eigenvalue weighted by Gasteiger charge is 2.51. The number of piperidine rings is 1. The highest BCUT2D eigenvalue weighted by atomic mass is 35.5. The number of carbonyl (C=O) groups is 2. The molecule has 6 nitrogen and oxygen atoms in total. The predicted molar refractivity (Wildman–Crippen MR) is 80.4 cm³/mol. The Morgan fingerprint density at radius 3 is 2.42 bits per heavy atom. The molecule has 2 fully saturated rings. The summed E-state index contributed by atoms with van der Waals surface area (Å²) in [5.74, 6) is -0.330. The van der Waals surface area contributed by atoms with Gasteiger partial charge in [0.25, 0.3) is 5.91 Å². The lowest BCUT2D eigenvalue weighted by atomic mass is 9.88. The van der Waals surface area contributed by atoms with E-state index in [4.69, 9.17) is 0 Å². The van der Waals surface area contributed by atoms with Gasteiger partial charge >= 0.3 is 12.2 Å². The number of pyridine rings is 1. The van der Waals surface area contributed by atoms with Crippen molar-refractivity contribution in [3.05, 3.63) is 29.6 Å². The van der Waals surface area contributed by atoms with E-state index in [1.807, 2.05) is 0 Å². The lowest BCUT2D eigenvalue weighted by Crippen LogP contribution is -2.53. The topological polar surface area (TPSA) is 74.3 Å². The highest BCUT2D eigenvalue weighted by molar-refractivity contribution is 6.07. The minimum Gasteiger partial charge on any atom is -0.323 e. The number of urea groups is 1. The first-order chi connectivity index (χ1) is 10.8. The maximum atomic E-state index is 12.5. The number of rotatable bonds is 2. The van der Waals surface area contributed by atoms with Crippen LogP contribution in [0.15, 0.2) is 18.3 Å². The molecule has 2 aliphatic rings. The number of alkyl halides is 3. The molecule has 24 heavy (non-hydrogen) atoms. The van der Waals surface area contributed by atoms with Crippen LogP contribution in [0.5, 0.6) is 0 Å². The molecule has 2 saturated heterocycles. The SMILES string of the molecule is Cl.O=C1NC2(CCNCC2)C(=O)N1Cc1ccc(C(F)(F)F)nc1. The van der Waals surface area contributed by atoms with E-state index in [0.717, 1.165) is 17.2 Å². The smallest absolute Gasteiger partial charge is 0.323 e. The van der Waals surface area contributed by atoms with Gasteiger partial charge in [-0.2, -0.15) is 13.2 Å². The number of nitrogens with one attached hydrogen (secondary N) is 2. The maximum absolute atomic E-state index is 12.5. The van der Waals surface area contributed by atoms with Gasteiger partial charge in [-0.1, -0.05) is 6.07 Å². The van der Waals surface area contributed by atoms with Crippen LogP contribution in [-0.4, -0.2) is 40.5 Å². The normalized spacial score (nSPS) is 20.0. The van der Waals surface area contributed by atoms with Crippen molar-refractivity contribution < 1.29 is 22.8 Å². The van der Waals surface area contributed by atoms with Crippen molar-refractivity contribution in [2.45, 2.75) is 31.1 Å². The Morgan fingerprint density at radius 1 is 1.21 bits per heavy atom. The van der Waals surface area contributed by atoms with Gasteiger partial charge in [-0.15, -0.1) is 12.4 Å². The van der Waals surface area contributed by atoms with Crippen molar-refractivity contribution in [1.82, 2.24) is 20.5 Å². The Labute approximate surface area is 142 Å². The summed E-state index contributed by atoms with van der Waals surface area (Å²) in [5.41, 5.74) is -1.53. The molecule has 10 heteroatoms. The number of imide groups is 1. The summed E-state index contributed by atoms with van der Waals surface area (Å²) in [6.07, 6.45) is -2.48. The summed E-state index contributed by atoms with van der Waals surface area (Å²) < 4.78 is 37.5. The Hall–Kier alpha value is -1.87. The van der Waals surface area contributed by atoms with Crippen LogP contribution in [-0.2, 0) is 17.5 Å². The van der Waals surface area contributed by atoms with Crippen LogP contribution in [0, 0.1) is 0 Å². The molecule has 0 aliphatic carbocycles. The zero-order valence-electron chi connectivity index (χ0n) is 12.5. The van der Waals surface area contributed by atoms with E-state index in [1.54, 1.807) is 0 Å². The van der Waals surface area contributed by atoms with E-state index in [0.29, 0.717) is 31.5 Å². The van der Waals surface area contributed by atoms with Gasteiger partial charge in [0.05, 0.1) is 6.54 Å². The van der Waals surface area contributed by atoms with Crippen molar-refractivity contribution in [3.63, 3.8) is 0 Å². The van der Waals surface area contributed by atoms with Crippen molar-refractivity contribution in [1.29, 1.82) is 0 Å². The molecule has 0 aromatic carbocycles. The highest BCUT2D eigenvalue weighted by Crippen LogP contribution is 2.29. The fourth-order valence-corrected chi connectivity index (χ4v) is 2.88. The molecule has 0 bridgehead atoms. The third-order valence-electron chi connectivity index (χ3n) is 4.16. The van der Waals surface area contributed by atoms with Gasteiger partial charge in [0, 0.05) is 6.20 Å². The van der Waals surface area contributed by atoms with E-state index >= 15 is 0 Å². The zero-order chi connectivity index (χ0) is 16.7. The summed E-state index contributed by atoms with van der Waals surface area (Å²) >= 11 is 0. The van der Waals surface area contributed by atoms with Gasteiger partial charge in [-0.25, -0.2) is 4.79 Å². The molecule has 0 radical (unpaired) electrons. The monoisotopic (exact) mass is 364 g/mol. The van der Waals surface area contributed by atoms with E-state index in [2.05, 4.69) is 15.6 Å². The van der Waals surface area contributed by atoms with Crippen LogP contribution in [0.3, 0.4) is 0 Å². The first-order valence-electron chi connectivity index (χ1n) is 7.19. The molecular formula is C14H16ClF3N4O2. The van der Waals surface area contributed by atoms with Gasteiger partial charge < -0.3 is 10.6 Å². The summed E-state index contributed by atoms with van der Waals surface area (Å²) in [6.45, 7) is 1.16. The summed E-state index contributed by atoms with van der Waals surface area (Å²) in [6, 6.07) is 1.55. The number of nitrogens with zero attached hydrogens (tertiary/aromatic N) is 2. The Morgan fingerprint density at radius 2 is 1.88 bits per heavy atom. The molecule has 0 unspecified atom stereocenters. The van der Waals surface area contributed by atoms with Crippen LogP contribution in [0.25, 0.3) is 0 Å². The van der Waals surface area contributed by atoms with Crippen LogP contribution in [0.1, 0.15) is 24.1 Å². The number of halogens is 4. The fraction of sp³-hybridized carbons (Fsp3) is 0.500.